The monoisotopic (exact) mass is 227 g/mol. The smallest absolute Gasteiger partial charge is 0.221 e. The third-order valence-corrected chi connectivity index (χ3v) is 2.83. The zero-order chi connectivity index (χ0) is 11.8. The van der Waals surface area contributed by atoms with Gasteiger partial charge in [-0.25, -0.2) is 0 Å². The minimum atomic E-state index is 0.162. The van der Waals surface area contributed by atoms with E-state index in [0.29, 0.717) is 18.4 Å². The summed E-state index contributed by atoms with van der Waals surface area (Å²) in [7, 11) is 0. The zero-order valence-electron chi connectivity index (χ0n) is 10.5. The first-order valence-electron chi connectivity index (χ1n) is 6.39. The molecule has 1 rings (SSSR count). The minimum Gasteiger partial charge on any atom is -0.356 e. The van der Waals surface area contributed by atoms with Gasteiger partial charge in [-0.2, -0.15) is 0 Å². The number of carbonyl (C=O) groups excluding carboxylic acids is 1. The molecule has 0 radical (unpaired) electrons. The van der Waals surface area contributed by atoms with E-state index in [-0.39, 0.29) is 5.91 Å². The second-order valence-electron chi connectivity index (χ2n) is 4.93. The Morgan fingerprint density at radius 2 is 2.06 bits per heavy atom. The summed E-state index contributed by atoms with van der Waals surface area (Å²) < 4.78 is 0. The number of piperidine rings is 1. The highest BCUT2D eigenvalue weighted by atomic mass is 16.1. The second-order valence-corrected chi connectivity index (χ2v) is 4.93. The number of rotatable bonds is 6. The quantitative estimate of drug-likeness (QED) is 0.619. The molecule has 1 heterocycles. The van der Waals surface area contributed by atoms with Crippen LogP contribution in [0.2, 0.25) is 0 Å². The number of hydrogen-bond acceptors (Lipinski definition) is 3. The molecule has 0 aromatic carbocycles. The van der Waals surface area contributed by atoms with Crippen LogP contribution in [-0.4, -0.2) is 38.1 Å². The molecule has 0 aromatic rings. The molecule has 1 saturated heterocycles. The Kier molecular flexibility index (Phi) is 6.42. The molecule has 94 valence electrons. The molecule has 4 nitrogen and oxygen atoms in total. The highest BCUT2D eigenvalue weighted by Crippen LogP contribution is 2.01. The highest BCUT2D eigenvalue weighted by molar-refractivity contribution is 5.76. The van der Waals surface area contributed by atoms with Crippen LogP contribution < -0.4 is 16.0 Å². The number of amides is 1. The van der Waals surface area contributed by atoms with E-state index in [1.807, 2.05) is 0 Å². The summed E-state index contributed by atoms with van der Waals surface area (Å²) in [6.07, 6.45) is 2.94. The van der Waals surface area contributed by atoms with E-state index >= 15 is 0 Å². The molecular formula is C12H25N3O. The molecule has 1 amide bonds. The lowest BCUT2D eigenvalue weighted by Gasteiger charge is -2.23. The maximum Gasteiger partial charge on any atom is 0.221 e. The van der Waals surface area contributed by atoms with Crippen molar-refractivity contribution in [1.82, 2.24) is 16.0 Å². The van der Waals surface area contributed by atoms with Crippen LogP contribution in [0.4, 0.5) is 0 Å². The van der Waals surface area contributed by atoms with E-state index < -0.39 is 0 Å². The predicted octanol–water partition coefficient (Wildman–Crippen LogP) is 0.490. The summed E-state index contributed by atoms with van der Waals surface area (Å²) in [6, 6.07) is 0.596. The van der Waals surface area contributed by atoms with Gasteiger partial charge in [-0.1, -0.05) is 13.8 Å². The summed E-state index contributed by atoms with van der Waals surface area (Å²) in [6.45, 7) is 7.98. The van der Waals surface area contributed by atoms with Gasteiger partial charge < -0.3 is 16.0 Å². The molecule has 0 bridgehead atoms. The van der Waals surface area contributed by atoms with Crippen LogP contribution in [0.3, 0.4) is 0 Å². The third-order valence-electron chi connectivity index (χ3n) is 2.83. The first-order valence-corrected chi connectivity index (χ1v) is 6.39. The fraction of sp³-hybridized carbons (Fsp3) is 0.917. The molecule has 0 aromatic heterocycles. The van der Waals surface area contributed by atoms with Gasteiger partial charge in [0, 0.05) is 25.6 Å². The molecule has 1 fully saturated rings. The van der Waals surface area contributed by atoms with Gasteiger partial charge in [0.15, 0.2) is 0 Å². The van der Waals surface area contributed by atoms with Gasteiger partial charge in [0.05, 0.1) is 0 Å². The van der Waals surface area contributed by atoms with Gasteiger partial charge in [0.2, 0.25) is 5.91 Å². The molecule has 1 aliphatic rings. The number of hydrogen-bond donors (Lipinski definition) is 3. The minimum absolute atomic E-state index is 0.162. The van der Waals surface area contributed by atoms with Gasteiger partial charge in [-0.05, 0) is 31.8 Å². The first kappa shape index (κ1) is 13.5. The van der Waals surface area contributed by atoms with Crippen molar-refractivity contribution in [3.63, 3.8) is 0 Å². The Morgan fingerprint density at radius 3 is 2.69 bits per heavy atom. The van der Waals surface area contributed by atoms with E-state index in [1.165, 1.54) is 12.8 Å². The van der Waals surface area contributed by atoms with Crippen LogP contribution in [0.1, 0.15) is 33.1 Å². The van der Waals surface area contributed by atoms with E-state index in [9.17, 15) is 4.79 Å². The van der Waals surface area contributed by atoms with Crippen LogP contribution in [0, 0.1) is 5.92 Å². The SMILES string of the molecule is CC(C)CNC(=O)CCNC1CCNCC1. The van der Waals surface area contributed by atoms with Crippen molar-refractivity contribution < 1.29 is 4.79 Å². The molecule has 0 unspecified atom stereocenters. The van der Waals surface area contributed by atoms with Crippen molar-refractivity contribution >= 4 is 5.91 Å². The maximum atomic E-state index is 11.4. The van der Waals surface area contributed by atoms with E-state index in [4.69, 9.17) is 0 Å². The van der Waals surface area contributed by atoms with Crippen LogP contribution >= 0.6 is 0 Å². The van der Waals surface area contributed by atoms with Crippen molar-refractivity contribution in [3.8, 4) is 0 Å². The van der Waals surface area contributed by atoms with Gasteiger partial charge in [0.25, 0.3) is 0 Å². The lowest BCUT2D eigenvalue weighted by molar-refractivity contribution is -0.121. The predicted molar refractivity (Wildman–Crippen MR) is 66.4 cm³/mol. The van der Waals surface area contributed by atoms with E-state index in [2.05, 4.69) is 29.8 Å². The lowest BCUT2D eigenvalue weighted by Crippen LogP contribution is -2.41. The highest BCUT2D eigenvalue weighted by Gasteiger charge is 2.12. The Balaban J connectivity index is 1.99. The normalized spacial score (nSPS) is 17.7. The van der Waals surface area contributed by atoms with E-state index in [1.54, 1.807) is 0 Å². The molecule has 3 N–H and O–H groups in total. The Hall–Kier alpha value is -0.610. The molecule has 0 spiro atoms. The van der Waals surface area contributed by atoms with Crippen LogP contribution in [-0.2, 0) is 4.79 Å². The molecule has 1 aliphatic heterocycles. The first-order chi connectivity index (χ1) is 7.68. The topological polar surface area (TPSA) is 53.2 Å². The summed E-state index contributed by atoms with van der Waals surface area (Å²) in [5, 5.41) is 9.70. The number of carbonyl (C=O) groups is 1. The molecule has 16 heavy (non-hydrogen) atoms. The fourth-order valence-electron chi connectivity index (χ4n) is 1.82. The molecular weight excluding hydrogens is 202 g/mol. The van der Waals surface area contributed by atoms with Crippen molar-refractivity contribution in [2.75, 3.05) is 26.2 Å². The standard InChI is InChI=1S/C12H25N3O/c1-10(2)9-15-12(16)5-8-14-11-3-6-13-7-4-11/h10-11,13-14H,3-9H2,1-2H3,(H,15,16). The molecule has 0 saturated carbocycles. The summed E-state index contributed by atoms with van der Waals surface area (Å²) in [5.74, 6) is 0.691. The van der Waals surface area contributed by atoms with Crippen molar-refractivity contribution in [3.05, 3.63) is 0 Å². The summed E-state index contributed by atoms with van der Waals surface area (Å²) in [4.78, 5) is 11.4. The van der Waals surface area contributed by atoms with Crippen LogP contribution in [0.15, 0.2) is 0 Å². The van der Waals surface area contributed by atoms with Gasteiger partial charge >= 0.3 is 0 Å². The molecule has 0 atom stereocenters. The van der Waals surface area contributed by atoms with Crippen molar-refractivity contribution in [2.24, 2.45) is 5.92 Å². The van der Waals surface area contributed by atoms with Crippen LogP contribution in [0.5, 0.6) is 0 Å². The Morgan fingerprint density at radius 1 is 1.38 bits per heavy atom. The zero-order valence-corrected chi connectivity index (χ0v) is 10.5. The Bertz CT molecular complexity index is 200. The maximum absolute atomic E-state index is 11.4. The third kappa shape index (κ3) is 6.08. The van der Waals surface area contributed by atoms with E-state index in [0.717, 1.165) is 26.2 Å². The lowest BCUT2D eigenvalue weighted by atomic mass is 10.1. The number of nitrogens with one attached hydrogen (secondary N) is 3. The van der Waals surface area contributed by atoms with Crippen molar-refractivity contribution in [2.45, 2.75) is 39.2 Å². The van der Waals surface area contributed by atoms with Gasteiger partial charge in [0.1, 0.15) is 0 Å². The fourth-order valence-corrected chi connectivity index (χ4v) is 1.82. The van der Waals surface area contributed by atoms with Crippen molar-refractivity contribution in [1.29, 1.82) is 0 Å². The summed E-state index contributed by atoms with van der Waals surface area (Å²) in [5.41, 5.74) is 0. The largest absolute Gasteiger partial charge is 0.356 e. The Labute approximate surface area is 98.6 Å². The molecule has 0 aliphatic carbocycles. The van der Waals surface area contributed by atoms with Crippen LogP contribution in [0.25, 0.3) is 0 Å². The van der Waals surface area contributed by atoms with Gasteiger partial charge in [-0.3, -0.25) is 4.79 Å². The van der Waals surface area contributed by atoms with Gasteiger partial charge in [-0.15, -0.1) is 0 Å². The molecule has 4 heteroatoms. The summed E-state index contributed by atoms with van der Waals surface area (Å²) >= 11 is 0. The average Bonchev–Trinajstić information content (AvgIpc) is 2.28. The average molecular weight is 227 g/mol. The second kappa shape index (κ2) is 7.63.